The zero-order valence-electron chi connectivity index (χ0n) is 11.1. The molecule has 2 rings (SSSR count). The van der Waals surface area contributed by atoms with Crippen LogP contribution in [-0.4, -0.2) is 5.11 Å². The first-order valence-electron chi connectivity index (χ1n) is 6.98. The predicted molar refractivity (Wildman–Crippen MR) is 72.6 cm³/mol. The van der Waals surface area contributed by atoms with Crippen molar-refractivity contribution in [2.45, 2.75) is 64.7 Å². The summed E-state index contributed by atoms with van der Waals surface area (Å²) in [6, 6.07) is 4.38. The zero-order valence-corrected chi connectivity index (χ0v) is 11.1. The number of aromatic hydroxyl groups is 1. The maximum atomic E-state index is 9.83. The largest absolute Gasteiger partial charge is 0.507 e. The summed E-state index contributed by atoms with van der Waals surface area (Å²) in [7, 11) is 0. The van der Waals surface area contributed by atoms with Gasteiger partial charge in [0.2, 0.25) is 0 Å². The SMILES string of the molecule is Cc1cc(C2CCCCCCC2)cc(C)c1O. The van der Waals surface area contributed by atoms with Crippen LogP contribution >= 0.6 is 0 Å². The van der Waals surface area contributed by atoms with Gasteiger partial charge in [-0.3, -0.25) is 0 Å². The van der Waals surface area contributed by atoms with Crippen LogP contribution in [0.1, 0.15) is 67.6 Å². The maximum Gasteiger partial charge on any atom is 0.121 e. The fourth-order valence-electron chi connectivity index (χ4n) is 3.01. The van der Waals surface area contributed by atoms with E-state index in [0.717, 1.165) is 11.1 Å². The Morgan fingerprint density at radius 1 is 0.882 bits per heavy atom. The minimum absolute atomic E-state index is 0.472. The molecule has 0 bridgehead atoms. The van der Waals surface area contributed by atoms with Gasteiger partial charge in [0.1, 0.15) is 5.75 Å². The highest BCUT2D eigenvalue weighted by Crippen LogP contribution is 2.34. The van der Waals surface area contributed by atoms with Gasteiger partial charge in [0.15, 0.2) is 0 Å². The lowest BCUT2D eigenvalue weighted by Gasteiger charge is -2.21. The second-order valence-electron chi connectivity index (χ2n) is 5.55. The van der Waals surface area contributed by atoms with E-state index < -0.39 is 0 Å². The van der Waals surface area contributed by atoms with Crippen LogP contribution in [0.25, 0.3) is 0 Å². The van der Waals surface area contributed by atoms with E-state index in [-0.39, 0.29) is 0 Å². The summed E-state index contributed by atoms with van der Waals surface area (Å²) in [6.45, 7) is 4.02. The Morgan fingerprint density at radius 3 is 1.88 bits per heavy atom. The van der Waals surface area contributed by atoms with Gasteiger partial charge in [-0.15, -0.1) is 0 Å². The number of benzene rings is 1. The van der Waals surface area contributed by atoms with Crippen molar-refractivity contribution in [3.05, 3.63) is 28.8 Å². The molecule has 17 heavy (non-hydrogen) atoms. The summed E-state index contributed by atoms with van der Waals surface area (Å²) in [6.07, 6.45) is 9.58. The lowest BCUT2D eigenvalue weighted by Crippen LogP contribution is -2.03. The van der Waals surface area contributed by atoms with Crippen molar-refractivity contribution in [3.63, 3.8) is 0 Å². The molecular weight excluding hydrogens is 208 g/mol. The van der Waals surface area contributed by atoms with Gasteiger partial charge in [-0.05, 0) is 49.3 Å². The Morgan fingerprint density at radius 2 is 1.35 bits per heavy atom. The van der Waals surface area contributed by atoms with Crippen molar-refractivity contribution in [3.8, 4) is 5.75 Å². The topological polar surface area (TPSA) is 20.2 Å². The minimum Gasteiger partial charge on any atom is -0.507 e. The van der Waals surface area contributed by atoms with E-state index in [9.17, 15) is 5.11 Å². The molecule has 1 aromatic carbocycles. The van der Waals surface area contributed by atoms with Gasteiger partial charge in [0.05, 0.1) is 0 Å². The van der Waals surface area contributed by atoms with E-state index in [1.165, 1.54) is 50.5 Å². The van der Waals surface area contributed by atoms with Crippen LogP contribution in [0.4, 0.5) is 0 Å². The van der Waals surface area contributed by atoms with Gasteiger partial charge in [0.25, 0.3) is 0 Å². The first kappa shape index (κ1) is 12.5. The van der Waals surface area contributed by atoms with Gasteiger partial charge < -0.3 is 5.11 Å². The van der Waals surface area contributed by atoms with E-state index in [4.69, 9.17) is 0 Å². The summed E-state index contributed by atoms with van der Waals surface area (Å²) < 4.78 is 0. The molecule has 1 heteroatoms. The van der Waals surface area contributed by atoms with Gasteiger partial charge >= 0.3 is 0 Å². The lowest BCUT2D eigenvalue weighted by atomic mass is 9.84. The van der Waals surface area contributed by atoms with Crippen LogP contribution in [0.15, 0.2) is 12.1 Å². The first-order chi connectivity index (χ1) is 8.18. The van der Waals surface area contributed by atoms with E-state index in [0.29, 0.717) is 11.7 Å². The molecule has 1 N–H and O–H groups in total. The number of rotatable bonds is 1. The van der Waals surface area contributed by atoms with E-state index in [2.05, 4.69) is 12.1 Å². The highest BCUT2D eigenvalue weighted by Gasteiger charge is 2.15. The fraction of sp³-hybridized carbons (Fsp3) is 0.625. The number of aryl methyl sites for hydroxylation is 2. The molecular formula is C16H24O. The van der Waals surface area contributed by atoms with Crippen molar-refractivity contribution in [1.29, 1.82) is 0 Å². The molecule has 0 unspecified atom stereocenters. The average molecular weight is 232 g/mol. The third-order valence-corrected chi connectivity index (χ3v) is 4.09. The van der Waals surface area contributed by atoms with Crippen LogP contribution in [-0.2, 0) is 0 Å². The summed E-state index contributed by atoms with van der Waals surface area (Å²) >= 11 is 0. The number of phenolic OH excluding ortho intramolecular Hbond substituents is 1. The fourth-order valence-corrected chi connectivity index (χ4v) is 3.01. The molecule has 0 amide bonds. The molecule has 0 radical (unpaired) electrons. The highest BCUT2D eigenvalue weighted by atomic mass is 16.3. The normalized spacial score (nSPS) is 18.7. The smallest absolute Gasteiger partial charge is 0.121 e. The molecule has 1 fully saturated rings. The molecule has 94 valence electrons. The number of hydrogen-bond acceptors (Lipinski definition) is 1. The van der Waals surface area contributed by atoms with Crippen molar-refractivity contribution in [1.82, 2.24) is 0 Å². The Kier molecular flexibility index (Phi) is 4.09. The Balaban J connectivity index is 2.19. The summed E-state index contributed by atoms with van der Waals surface area (Å²) in [4.78, 5) is 0. The quantitative estimate of drug-likeness (QED) is 0.734. The number of hydrogen-bond donors (Lipinski definition) is 1. The molecule has 0 aromatic heterocycles. The summed E-state index contributed by atoms with van der Waals surface area (Å²) in [5.74, 6) is 1.19. The van der Waals surface area contributed by atoms with Gasteiger partial charge in [-0.1, -0.05) is 44.2 Å². The summed E-state index contributed by atoms with van der Waals surface area (Å²) in [5, 5.41) is 9.83. The molecule has 0 saturated heterocycles. The minimum atomic E-state index is 0.472. The van der Waals surface area contributed by atoms with Crippen LogP contribution in [0.2, 0.25) is 0 Å². The second-order valence-corrected chi connectivity index (χ2v) is 5.55. The van der Waals surface area contributed by atoms with E-state index in [1.807, 2.05) is 13.8 Å². The van der Waals surface area contributed by atoms with Crippen molar-refractivity contribution < 1.29 is 5.11 Å². The Bertz CT molecular complexity index is 350. The molecule has 1 nitrogen and oxygen atoms in total. The van der Waals surface area contributed by atoms with E-state index in [1.54, 1.807) is 0 Å². The van der Waals surface area contributed by atoms with Gasteiger partial charge in [-0.2, -0.15) is 0 Å². The first-order valence-corrected chi connectivity index (χ1v) is 6.98. The molecule has 1 aliphatic rings. The van der Waals surface area contributed by atoms with Crippen molar-refractivity contribution in [2.75, 3.05) is 0 Å². The zero-order chi connectivity index (χ0) is 12.3. The monoisotopic (exact) mass is 232 g/mol. The Labute approximate surface area is 105 Å². The van der Waals surface area contributed by atoms with Crippen LogP contribution in [0.3, 0.4) is 0 Å². The standard InChI is InChI=1S/C16H24O/c1-12-10-15(11-13(2)16(12)17)14-8-6-4-3-5-7-9-14/h10-11,14,17H,3-9H2,1-2H3. The van der Waals surface area contributed by atoms with Crippen LogP contribution in [0.5, 0.6) is 5.75 Å². The lowest BCUT2D eigenvalue weighted by molar-refractivity contribution is 0.450. The highest BCUT2D eigenvalue weighted by molar-refractivity contribution is 5.43. The molecule has 0 atom stereocenters. The molecule has 0 spiro atoms. The van der Waals surface area contributed by atoms with Gasteiger partial charge in [0, 0.05) is 0 Å². The third-order valence-electron chi connectivity index (χ3n) is 4.09. The van der Waals surface area contributed by atoms with Crippen LogP contribution < -0.4 is 0 Å². The maximum absolute atomic E-state index is 9.83. The number of phenols is 1. The molecule has 1 saturated carbocycles. The van der Waals surface area contributed by atoms with E-state index >= 15 is 0 Å². The predicted octanol–water partition coefficient (Wildman–Crippen LogP) is 4.84. The summed E-state index contributed by atoms with van der Waals surface area (Å²) in [5.41, 5.74) is 3.50. The average Bonchev–Trinajstić information content (AvgIpc) is 2.25. The third kappa shape index (κ3) is 3.02. The second kappa shape index (κ2) is 5.57. The Hall–Kier alpha value is -0.980. The van der Waals surface area contributed by atoms with Crippen molar-refractivity contribution in [2.24, 2.45) is 0 Å². The van der Waals surface area contributed by atoms with Crippen LogP contribution in [0, 0.1) is 13.8 Å². The molecule has 0 heterocycles. The van der Waals surface area contributed by atoms with Gasteiger partial charge in [-0.25, -0.2) is 0 Å². The molecule has 1 aliphatic carbocycles. The van der Waals surface area contributed by atoms with Crippen molar-refractivity contribution >= 4 is 0 Å². The molecule has 1 aromatic rings. The molecule has 0 aliphatic heterocycles.